The molecule has 1 aromatic rings. The summed E-state index contributed by atoms with van der Waals surface area (Å²) in [6.07, 6.45) is 11.1. The second-order valence-electron chi connectivity index (χ2n) is 9.02. The molecule has 1 aromatic carbocycles. The second kappa shape index (κ2) is 8.76. The number of carbonyl (C=O) groups excluding carboxylic acids is 2. The summed E-state index contributed by atoms with van der Waals surface area (Å²) in [7, 11) is 3.55. The van der Waals surface area contributed by atoms with Crippen molar-refractivity contribution in [3.8, 4) is 5.75 Å². The number of amides is 2. The number of benzene rings is 1. The Bertz CT molecular complexity index is 743. The first-order chi connectivity index (χ1) is 14.1. The van der Waals surface area contributed by atoms with Gasteiger partial charge in [0, 0.05) is 19.1 Å². The molecule has 0 unspecified atom stereocenters. The fraction of sp³-hybridized carbons (Fsp3) is 0.667. The maximum atomic E-state index is 13.7. The zero-order chi connectivity index (χ0) is 20.4. The number of para-hydroxylation sites is 1. The Kier molecular flexibility index (Phi) is 6.12. The van der Waals surface area contributed by atoms with Gasteiger partial charge in [0.15, 0.2) is 0 Å². The molecule has 3 atom stereocenters. The molecule has 5 heteroatoms. The van der Waals surface area contributed by atoms with Gasteiger partial charge in [-0.1, -0.05) is 44.2 Å². The van der Waals surface area contributed by atoms with E-state index in [9.17, 15) is 9.59 Å². The van der Waals surface area contributed by atoms with Crippen LogP contribution in [0.1, 0.15) is 74.6 Å². The van der Waals surface area contributed by atoms with Crippen molar-refractivity contribution < 1.29 is 14.3 Å². The molecule has 0 bridgehead atoms. The summed E-state index contributed by atoms with van der Waals surface area (Å²) in [5.41, 5.74) is 0.569. The van der Waals surface area contributed by atoms with Gasteiger partial charge in [-0.2, -0.15) is 0 Å². The van der Waals surface area contributed by atoms with Crippen LogP contribution in [0.3, 0.4) is 0 Å². The van der Waals surface area contributed by atoms with Crippen molar-refractivity contribution in [3.63, 3.8) is 0 Å². The Morgan fingerprint density at radius 3 is 2.45 bits per heavy atom. The third-order valence-corrected chi connectivity index (χ3v) is 7.42. The molecule has 0 N–H and O–H groups in total. The van der Waals surface area contributed by atoms with Crippen molar-refractivity contribution in [1.29, 1.82) is 0 Å². The van der Waals surface area contributed by atoms with Crippen LogP contribution in [-0.2, 0) is 4.79 Å². The first-order valence-electron chi connectivity index (χ1n) is 11.3. The molecule has 3 fully saturated rings. The largest absolute Gasteiger partial charge is 0.496 e. The van der Waals surface area contributed by atoms with Crippen molar-refractivity contribution in [1.82, 2.24) is 9.80 Å². The maximum Gasteiger partial charge on any atom is 0.258 e. The van der Waals surface area contributed by atoms with Gasteiger partial charge < -0.3 is 14.5 Å². The minimum Gasteiger partial charge on any atom is -0.496 e. The van der Waals surface area contributed by atoms with Gasteiger partial charge in [-0.3, -0.25) is 9.59 Å². The van der Waals surface area contributed by atoms with E-state index in [2.05, 4.69) is 0 Å². The number of likely N-dealkylation sites (tertiary alicyclic amines) is 1. The molecular formula is C24H34N2O3. The fourth-order valence-electron chi connectivity index (χ4n) is 5.82. The van der Waals surface area contributed by atoms with Crippen LogP contribution in [0.2, 0.25) is 0 Å². The van der Waals surface area contributed by atoms with Crippen LogP contribution in [0, 0.1) is 5.92 Å². The number of likely N-dealkylation sites (N-methyl/N-ethyl adjacent to an activating group) is 1. The topological polar surface area (TPSA) is 49.9 Å². The summed E-state index contributed by atoms with van der Waals surface area (Å²) in [5, 5.41) is 0. The van der Waals surface area contributed by atoms with E-state index in [1.165, 1.54) is 25.7 Å². The highest BCUT2D eigenvalue weighted by Gasteiger charge is 2.49. The third-order valence-electron chi connectivity index (χ3n) is 7.42. The van der Waals surface area contributed by atoms with Gasteiger partial charge in [-0.15, -0.1) is 0 Å². The molecule has 0 aromatic heterocycles. The van der Waals surface area contributed by atoms with E-state index < -0.39 is 0 Å². The summed E-state index contributed by atoms with van der Waals surface area (Å²) < 4.78 is 5.46. The number of carbonyl (C=O) groups is 2. The Labute approximate surface area is 174 Å². The summed E-state index contributed by atoms with van der Waals surface area (Å²) in [4.78, 5) is 31.2. The third kappa shape index (κ3) is 3.88. The molecule has 3 aliphatic rings. The molecule has 2 saturated carbocycles. The Morgan fingerprint density at radius 1 is 1.00 bits per heavy atom. The van der Waals surface area contributed by atoms with Crippen LogP contribution in [0.25, 0.3) is 0 Å². The van der Waals surface area contributed by atoms with E-state index in [4.69, 9.17) is 4.74 Å². The first-order valence-corrected chi connectivity index (χ1v) is 11.3. The summed E-state index contributed by atoms with van der Waals surface area (Å²) in [6, 6.07) is 7.55. The number of methoxy groups -OCH3 is 1. The van der Waals surface area contributed by atoms with Gasteiger partial charge in [0.05, 0.1) is 12.7 Å². The number of hydrogen-bond donors (Lipinski definition) is 0. The highest BCUT2D eigenvalue weighted by molar-refractivity contribution is 6.00. The normalized spacial score (nSPS) is 27.4. The maximum absolute atomic E-state index is 13.7. The van der Waals surface area contributed by atoms with E-state index in [0.29, 0.717) is 23.3 Å². The molecule has 1 aliphatic heterocycles. The van der Waals surface area contributed by atoms with E-state index in [0.717, 1.165) is 38.5 Å². The van der Waals surface area contributed by atoms with Gasteiger partial charge in [-0.05, 0) is 50.2 Å². The number of nitrogens with zero attached hydrogens (tertiary/aromatic N) is 2. The highest BCUT2D eigenvalue weighted by atomic mass is 16.5. The van der Waals surface area contributed by atoms with Crippen LogP contribution in [0.4, 0.5) is 0 Å². The predicted octanol–water partition coefficient (Wildman–Crippen LogP) is 4.26. The highest BCUT2D eigenvalue weighted by Crippen LogP contribution is 2.42. The molecule has 2 aliphatic carbocycles. The lowest BCUT2D eigenvalue weighted by Crippen LogP contribution is -2.52. The van der Waals surface area contributed by atoms with E-state index >= 15 is 0 Å². The number of ether oxygens (including phenoxy) is 1. The monoisotopic (exact) mass is 398 g/mol. The van der Waals surface area contributed by atoms with Gasteiger partial charge >= 0.3 is 0 Å². The molecule has 5 nitrogen and oxygen atoms in total. The zero-order valence-electron chi connectivity index (χ0n) is 17.8. The lowest BCUT2D eigenvalue weighted by Gasteiger charge is -2.37. The SMILES string of the molecule is COc1ccccc1C(=O)N1[C@H](C(=O)N(C)C2CCCCC2)C[C@H]2CCCC[C@@H]21. The van der Waals surface area contributed by atoms with Crippen LogP contribution < -0.4 is 4.74 Å². The molecule has 4 rings (SSSR count). The number of hydrogen-bond acceptors (Lipinski definition) is 3. The molecular weight excluding hydrogens is 364 g/mol. The van der Waals surface area contributed by atoms with Crippen molar-refractivity contribution in [3.05, 3.63) is 29.8 Å². The Hall–Kier alpha value is -2.04. The quantitative estimate of drug-likeness (QED) is 0.761. The summed E-state index contributed by atoms with van der Waals surface area (Å²) in [5.74, 6) is 1.11. The van der Waals surface area contributed by atoms with Gasteiger partial charge in [-0.25, -0.2) is 0 Å². The summed E-state index contributed by atoms with van der Waals surface area (Å²) in [6.45, 7) is 0. The summed E-state index contributed by atoms with van der Waals surface area (Å²) >= 11 is 0. The molecule has 1 saturated heterocycles. The molecule has 158 valence electrons. The fourth-order valence-corrected chi connectivity index (χ4v) is 5.82. The van der Waals surface area contributed by atoms with E-state index in [-0.39, 0.29) is 23.9 Å². The number of rotatable bonds is 4. The first kappa shape index (κ1) is 20.2. The van der Waals surface area contributed by atoms with E-state index in [1.807, 2.05) is 41.1 Å². The average Bonchev–Trinajstić information content (AvgIpc) is 3.17. The van der Waals surface area contributed by atoms with Crippen LogP contribution in [-0.4, -0.2) is 53.9 Å². The molecule has 1 heterocycles. The van der Waals surface area contributed by atoms with Gasteiger partial charge in [0.1, 0.15) is 11.8 Å². The van der Waals surface area contributed by atoms with Gasteiger partial charge in [0.2, 0.25) is 5.91 Å². The van der Waals surface area contributed by atoms with Crippen molar-refractivity contribution in [2.45, 2.75) is 82.3 Å². The molecule has 0 spiro atoms. The van der Waals surface area contributed by atoms with Crippen LogP contribution in [0.15, 0.2) is 24.3 Å². The molecule has 0 radical (unpaired) electrons. The van der Waals surface area contributed by atoms with Crippen LogP contribution in [0.5, 0.6) is 5.75 Å². The Balaban J connectivity index is 1.62. The average molecular weight is 399 g/mol. The van der Waals surface area contributed by atoms with Crippen LogP contribution >= 0.6 is 0 Å². The molecule has 29 heavy (non-hydrogen) atoms. The Morgan fingerprint density at radius 2 is 1.69 bits per heavy atom. The van der Waals surface area contributed by atoms with Crippen molar-refractivity contribution >= 4 is 11.8 Å². The lowest BCUT2D eigenvalue weighted by atomic mass is 9.84. The predicted molar refractivity (Wildman–Crippen MR) is 113 cm³/mol. The minimum absolute atomic E-state index is 0.0488. The van der Waals surface area contributed by atoms with Crippen molar-refractivity contribution in [2.24, 2.45) is 5.92 Å². The molecule has 2 amide bonds. The lowest BCUT2D eigenvalue weighted by molar-refractivity contribution is -0.137. The second-order valence-corrected chi connectivity index (χ2v) is 9.02. The zero-order valence-corrected chi connectivity index (χ0v) is 17.8. The standard InChI is InChI=1S/C24H34N2O3/c1-25(18-11-4-3-5-12-18)24(28)21-16-17-10-6-8-14-20(17)26(21)23(27)19-13-7-9-15-22(19)29-2/h7,9,13,15,17-18,20-21H,3-6,8,10-12,14,16H2,1-2H3/t17-,20+,21+/m1/s1. The van der Waals surface area contributed by atoms with E-state index in [1.54, 1.807) is 7.11 Å². The number of fused-ring (bicyclic) bond motifs is 1. The van der Waals surface area contributed by atoms with Gasteiger partial charge in [0.25, 0.3) is 5.91 Å². The van der Waals surface area contributed by atoms with Crippen molar-refractivity contribution in [2.75, 3.05) is 14.2 Å². The minimum atomic E-state index is -0.340. The smallest absolute Gasteiger partial charge is 0.258 e.